The Kier molecular flexibility index (Phi) is 6.03. The monoisotopic (exact) mass is 392 g/mol. The molecule has 1 aliphatic heterocycles. The van der Waals surface area contributed by atoms with Crippen molar-refractivity contribution in [2.75, 3.05) is 31.6 Å². The smallest absolute Gasteiger partial charge is 0.222 e. The van der Waals surface area contributed by atoms with Gasteiger partial charge in [0.2, 0.25) is 5.91 Å². The number of hydrogen-bond acceptors (Lipinski definition) is 5. The second-order valence-electron chi connectivity index (χ2n) is 7.82. The summed E-state index contributed by atoms with van der Waals surface area (Å²) in [4.78, 5) is 33.0. The third-order valence-corrected chi connectivity index (χ3v) is 5.77. The zero-order valence-corrected chi connectivity index (χ0v) is 16.9. The molecule has 152 valence electrons. The van der Waals surface area contributed by atoms with E-state index in [0.717, 1.165) is 54.9 Å². The predicted octanol–water partition coefficient (Wildman–Crippen LogP) is 3.05. The first-order valence-electron chi connectivity index (χ1n) is 10.4. The molecule has 1 atom stereocenters. The predicted molar refractivity (Wildman–Crippen MR) is 114 cm³/mol. The number of hydrogen-bond donors (Lipinski definition) is 1. The van der Waals surface area contributed by atoms with Crippen molar-refractivity contribution in [2.45, 2.75) is 32.1 Å². The molecule has 0 radical (unpaired) electrons. The number of fused-ring (bicyclic) bond motifs is 1. The molecule has 1 aliphatic rings. The van der Waals surface area contributed by atoms with E-state index in [2.05, 4.69) is 24.8 Å². The number of pyridine rings is 1. The summed E-state index contributed by atoms with van der Waals surface area (Å²) in [5, 5.41) is 1.07. The molecule has 0 unspecified atom stereocenters. The highest BCUT2D eigenvalue weighted by molar-refractivity contribution is 5.87. The van der Waals surface area contributed by atoms with Gasteiger partial charge in [0.1, 0.15) is 17.8 Å². The van der Waals surface area contributed by atoms with E-state index < -0.39 is 0 Å². The molecule has 3 aromatic heterocycles. The number of nitrogens with zero attached hydrogens (tertiary/aromatic N) is 5. The van der Waals surface area contributed by atoms with Crippen LogP contribution in [0.3, 0.4) is 0 Å². The minimum absolute atomic E-state index is 0.216. The Labute approximate surface area is 171 Å². The number of aromatic amines is 1. The molecule has 7 nitrogen and oxygen atoms in total. The van der Waals surface area contributed by atoms with Crippen LogP contribution in [0.2, 0.25) is 0 Å². The van der Waals surface area contributed by atoms with Gasteiger partial charge in [-0.3, -0.25) is 9.78 Å². The van der Waals surface area contributed by atoms with Crippen molar-refractivity contribution < 1.29 is 4.79 Å². The first kappa shape index (κ1) is 19.4. The molecular weight excluding hydrogens is 364 g/mol. The fraction of sp³-hybridized carbons (Fsp3) is 0.455. The lowest BCUT2D eigenvalue weighted by Gasteiger charge is -2.34. The summed E-state index contributed by atoms with van der Waals surface area (Å²) in [6.07, 6.45) is 9.94. The van der Waals surface area contributed by atoms with Gasteiger partial charge >= 0.3 is 0 Å². The number of aromatic nitrogens is 4. The molecule has 0 aliphatic carbocycles. The summed E-state index contributed by atoms with van der Waals surface area (Å²) in [6, 6.07) is 7.93. The summed E-state index contributed by atoms with van der Waals surface area (Å²) >= 11 is 0. The minimum atomic E-state index is 0.216. The molecule has 3 aromatic rings. The zero-order chi connectivity index (χ0) is 20.1. The number of likely N-dealkylation sites (N-methyl/N-ethyl adjacent to an activating group) is 1. The van der Waals surface area contributed by atoms with Gasteiger partial charge in [0.15, 0.2) is 0 Å². The quantitative estimate of drug-likeness (QED) is 0.669. The number of H-pyrrole nitrogens is 1. The van der Waals surface area contributed by atoms with Gasteiger partial charge in [-0.1, -0.05) is 6.07 Å². The average Bonchev–Trinajstić information content (AvgIpc) is 3.25. The Morgan fingerprint density at radius 3 is 3.07 bits per heavy atom. The van der Waals surface area contributed by atoms with E-state index in [1.165, 1.54) is 6.42 Å². The summed E-state index contributed by atoms with van der Waals surface area (Å²) < 4.78 is 0. The summed E-state index contributed by atoms with van der Waals surface area (Å²) in [5.74, 6) is 1.73. The molecule has 1 amide bonds. The van der Waals surface area contributed by atoms with Crippen LogP contribution in [0.4, 0.5) is 5.82 Å². The number of piperidine rings is 1. The fourth-order valence-electron chi connectivity index (χ4n) is 4.08. The molecular formula is C22H28N6O. The Morgan fingerprint density at radius 2 is 2.21 bits per heavy atom. The lowest BCUT2D eigenvalue weighted by atomic mass is 9.93. The van der Waals surface area contributed by atoms with E-state index in [1.54, 1.807) is 12.5 Å². The third-order valence-electron chi connectivity index (χ3n) is 5.77. The Bertz CT molecular complexity index is 941. The van der Waals surface area contributed by atoms with E-state index in [-0.39, 0.29) is 5.91 Å². The van der Waals surface area contributed by atoms with E-state index in [4.69, 9.17) is 0 Å². The van der Waals surface area contributed by atoms with Gasteiger partial charge in [-0.05, 0) is 43.4 Å². The largest absolute Gasteiger partial charge is 0.356 e. The lowest BCUT2D eigenvalue weighted by Crippen LogP contribution is -2.37. The Balaban J connectivity index is 1.28. The van der Waals surface area contributed by atoms with Gasteiger partial charge in [0.25, 0.3) is 0 Å². The highest BCUT2D eigenvalue weighted by Gasteiger charge is 2.23. The first-order chi connectivity index (χ1) is 14.2. The average molecular weight is 393 g/mol. The number of nitrogens with one attached hydrogen (secondary N) is 1. The van der Waals surface area contributed by atoms with Crippen LogP contribution in [-0.2, 0) is 11.2 Å². The third kappa shape index (κ3) is 4.72. The van der Waals surface area contributed by atoms with Crippen molar-refractivity contribution in [3.8, 4) is 0 Å². The molecule has 4 rings (SSSR count). The first-order valence-corrected chi connectivity index (χ1v) is 10.4. The van der Waals surface area contributed by atoms with Crippen LogP contribution in [0.5, 0.6) is 0 Å². The van der Waals surface area contributed by atoms with E-state index in [9.17, 15) is 4.79 Å². The minimum Gasteiger partial charge on any atom is -0.356 e. The molecule has 7 heteroatoms. The van der Waals surface area contributed by atoms with Crippen LogP contribution in [0.25, 0.3) is 11.0 Å². The topological polar surface area (TPSA) is 78.0 Å². The Hall–Kier alpha value is -2.96. The highest BCUT2D eigenvalue weighted by Crippen LogP contribution is 2.28. The normalized spacial score (nSPS) is 16.9. The van der Waals surface area contributed by atoms with Crippen LogP contribution in [0, 0.1) is 5.92 Å². The summed E-state index contributed by atoms with van der Waals surface area (Å²) in [7, 11) is 1.89. The fourth-order valence-corrected chi connectivity index (χ4v) is 4.08. The van der Waals surface area contributed by atoms with Crippen LogP contribution in [0.1, 0.15) is 31.4 Å². The van der Waals surface area contributed by atoms with Gasteiger partial charge in [0.05, 0.1) is 5.39 Å². The molecule has 1 N–H and O–H groups in total. The van der Waals surface area contributed by atoms with Crippen molar-refractivity contribution >= 4 is 22.8 Å². The second-order valence-corrected chi connectivity index (χ2v) is 7.82. The molecule has 1 fully saturated rings. The maximum atomic E-state index is 12.6. The molecule has 4 heterocycles. The maximum Gasteiger partial charge on any atom is 0.222 e. The van der Waals surface area contributed by atoms with E-state index >= 15 is 0 Å². The number of carbonyl (C=O) groups excluding carboxylic acids is 1. The van der Waals surface area contributed by atoms with Crippen LogP contribution in [0.15, 0.2) is 43.0 Å². The van der Waals surface area contributed by atoms with Crippen molar-refractivity contribution in [3.63, 3.8) is 0 Å². The standard InChI is InChI=1S/C22H28N6O/c1-27(14-10-18-6-2-3-11-23-18)20(29)8-7-17-5-4-13-28(15-17)22-19-9-12-24-21(19)25-16-26-22/h2-3,6,9,11-12,16-17H,4-5,7-8,10,13-15H2,1H3,(H,24,25,26)/t17-/m1/s1. The van der Waals surface area contributed by atoms with Crippen molar-refractivity contribution in [1.29, 1.82) is 0 Å². The SMILES string of the molecule is CN(CCc1ccccn1)C(=O)CC[C@H]1CCCN(c2ncnc3[nH]ccc23)C1. The molecule has 0 saturated carbocycles. The van der Waals surface area contributed by atoms with Gasteiger partial charge in [-0.25, -0.2) is 9.97 Å². The lowest BCUT2D eigenvalue weighted by molar-refractivity contribution is -0.130. The summed E-state index contributed by atoms with van der Waals surface area (Å²) in [6.45, 7) is 2.66. The maximum absolute atomic E-state index is 12.6. The highest BCUT2D eigenvalue weighted by atomic mass is 16.2. The molecule has 29 heavy (non-hydrogen) atoms. The van der Waals surface area contributed by atoms with Gasteiger partial charge < -0.3 is 14.8 Å². The van der Waals surface area contributed by atoms with Crippen LogP contribution < -0.4 is 4.90 Å². The molecule has 1 saturated heterocycles. The van der Waals surface area contributed by atoms with Gasteiger partial charge in [-0.2, -0.15) is 0 Å². The zero-order valence-electron chi connectivity index (χ0n) is 16.9. The van der Waals surface area contributed by atoms with Gasteiger partial charge in [-0.15, -0.1) is 0 Å². The van der Waals surface area contributed by atoms with Crippen LogP contribution in [-0.4, -0.2) is 57.4 Å². The Morgan fingerprint density at radius 1 is 1.28 bits per heavy atom. The van der Waals surface area contributed by atoms with Crippen LogP contribution >= 0.6 is 0 Å². The van der Waals surface area contributed by atoms with E-state index in [0.29, 0.717) is 18.9 Å². The molecule has 0 spiro atoms. The molecule has 0 bridgehead atoms. The van der Waals surface area contributed by atoms with Crippen molar-refractivity contribution in [1.82, 2.24) is 24.8 Å². The van der Waals surface area contributed by atoms with Gasteiger partial charge in [0, 0.05) is 57.6 Å². The van der Waals surface area contributed by atoms with Crippen molar-refractivity contribution in [3.05, 3.63) is 48.7 Å². The number of carbonyl (C=O) groups is 1. The second kappa shape index (κ2) is 9.03. The molecule has 0 aromatic carbocycles. The number of rotatable bonds is 7. The summed E-state index contributed by atoms with van der Waals surface area (Å²) in [5.41, 5.74) is 1.90. The van der Waals surface area contributed by atoms with E-state index in [1.807, 2.05) is 42.4 Å². The van der Waals surface area contributed by atoms with Crippen molar-refractivity contribution in [2.24, 2.45) is 5.92 Å². The number of anilines is 1. The number of amides is 1.